The van der Waals surface area contributed by atoms with Gasteiger partial charge in [-0.3, -0.25) is 4.57 Å². The van der Waals surface area contributed by atoms with Gasteiger partial charge < -0.3 is 23.3 Å². The Hall–Kier alpha value is -0.530. The Bertz CT molecular complexity index is 559. The van der Waals surface area contributed by atoms with Crippen LogP contribution >= 0.6 is 23.5 Å². The van der Waals surface area contributed by atoms with E-state index in [9.17, 15) is 4.57 Å². The van der Waals surface area contributed by atoms with Crippen molar-refractivity contribution >= 4 is 23.5 Å². The highest BCUT2D eigenvalue weighted by atomic mass is 79.9. The highest BCUT2D eigenvalue weighted by Gasteiger charge is 2.21. The van der Waals surface area contributed by atoms with E-state index in [0.717, 1.165) is 5.56 Å². The molecule has 0 saturated carbocycles. The molecule has 1 unspecified atom stereocenters. The molecule has 0 aromatic heterocycles. The first-order valence-electron chi connectivity index (χ1n) is 9.09. The molecule has 0 spiro atoms. The standard InChI is InChI=1S/C19H30BrO6P/c1-4-23-19(14-20)26-18(12-13-27(21,24-5-2)25-6-3)16-22-15-17-10-8-7-9-11-17/h7-13,18-19H,4-6,14-16H2,1-3H3/b13-12+/t18-,19?/m0/s1. The van der Waals surface area contributed by atoms with Crippen LogP contribution in [-0.4, -0.2) is 44.2 Å². The number of halogens is 1. The van der Waals surface area contributed by atoms with Crippen molar-refractivity contribution in [3.8, 4) is 0 Å². The summed E-state index contributed by atoms with van der Waals surface area (Å²) in [7, 11) is -3.30. The molecule has 2 atom stereocenters. The van der Waals surface area contributed by atoms with Gasteiger partial charge in [0.2, 0.25) is 0 Å². The van der Waals surface area contributed by atoms with Gasteiger partial charge in [-0.15, -0.1) is 0 Å². The van der Waals surface area contributed by atoms with E-state index in [2.05, 4.69) is 15.9 Å². The van der Waals surface area contributed by atoms with Crippen LogP contribution in [0.5, 0.6) is 0 Å². The predicted molar refractivity (Wildman–Crippen MR) is 110 cm³/mol. The molecule has 27 heavy (non-hydrogen) atoms. The third-order valence-electron chi connectivity index (χ3n) is 3.30. The highest BCUT2D eigenvalue weighted by Crippen LogP contribution is 2.49. The smallest absolute Gasteiger partial charge is 0.353 e. The summed E-state index contributed by atoms with van der Waals surface area (Å²) in [6.07, 6.45) is 0.756. The van der Waals surface area contributed by atoms with Crippen molar-refractivity contribution in [1.82, 2.24) is 0 Å². The number of ether oxygens (including phenoxy) is 3. The summed E-state index contributed by atoms with van der Waals surface area (Å²) in [6, 6.07) is 9.86. The monoisotopic (exact) mass is 464 g/mol. The molecule has 0 bridgehead atoms. The number of rotatable bonds is 15. The van der Waals surface area contributed by atoms with Gasteiger partial charge in [-0.2, -0.15) is 0 Å². The van der Waals surface area contributed by atoms with Gasteiger partial charge in [-0.05, 0) is 32.4 Å². The zero-order valence-electron chi connectivity index (χ0n) is 16.2. The second-order valence-corrected chi connectivity index (χ2v) is 7.97. The number of hydrogen-bond donors (Lipinski definition) is 0. The predicted octanol–water partition coefficient (Wildman–Crippen LogP) is 5.13. The second-order valence-electron chi connectivity index (χ2n) is 5.43. The fraction of sp³-hybridized carbons (Fsp3) is 0.579. The van der Waals surface area contributed by atoms with E-state index in [4.69, 9.17) is 23.3 Å². The lowest BCUT2D eigenvalue weighted by molar-refractivity contribution is -0.155. The van der Waals surface area contributed by atoms with Crippen LogP contribution in [-0.2, 0) is 34.4 Å². The van der Waals surface area contributed by atoms with Crippen molar-refractivity contribution < 1.29 is 27.8 Å². The van der Waals surface area contributed by atoms with Crippen molar-refractivity contribution in [2.45, 2.75) is 39.8 Å². The molecule has 0 aliphatic heterocycles. The molecule has 6 nitrogen and oxygen atoms in total. The fourth-order valence-corrected chi connectivity index (χ4v) is 3.90. The van der Waals surface area contributed by atoms with E-state index in [0.29, 0.717) is 31.8 Å². The molecule has 0 aliphatic carbocycles. The molecule has 154 valence electrons. The topological polar surface area (TPSA) is 63.2 Å². The zero-order valence-corrected chi connectivity index (χ0v) is 18.7. The largest absolute Gasteiger partial charge is 0.374 e. The fourth-order valence-electron chi connectivity index (χ4n) is 2.19. The molecule has 0 saturated heterocycles. The molecule has 0 radical (unpaired) electrons. The van der Waals surface area contributed by atoms with Gasteiger partial charge in [-0.1, -0.05) is 46.3 Å². The molecule has 0 fully saturated rings. The number of benzene rings is 1. The molecule has 1 aromatic carbocycles. The van der Waals surface area contributed by atoms with Crippen LogP contribution in [0.3, 0.4) is 0 Å². The Morgan fingerprint density at radius 3 is 2.30 bits per heavy atom. The maximum Gasteiger partial charge on any atom is 0.353 e. The first-order chi connectivity index (χ1) is 13.1. The Morgan fingerprint density at radius 1 is 1.07 bits per heavy atom. The van der Waals surface area contributed by atoms with Crippen LogP contribution in [0.15, 0.2) is 42.2 Å². The van der Waals surface area contributed by atoms with Gasteiger partial charge in [0.1, 0.15) is 6.10 Å². The van der Waals surface area contributed by atoms with Crippen LogP contribution in [0.25, 0.3) is 0 Å². The van der Waals surface area contributed by atoms with E-state index in [1.54, 1.807) is 19.9 Å². The van der Waals surface area contributed by atoms with E-state index in [1.807, 2.05) is 37.3 Å². The van der Waals surface area contributed by atoms with Gasteiger partial charge >= 0.3 is 7.60 Å². The van der Waals surface area contributed by atoms with Crippen LogP contribution in [0, 0.1) is 0 Å². The minimum absolute atomic E-state index is 0.278. The minimum atomic E-state index is -3.30. The first-order valence-corrected chi connectivity index (χ1v) is 11.8. The van der Waals surface area contributed by atoms with Crippen molar-refractivity contribution in [3.05, 3.63) is 47.8 Å². The summed E-state index contributed by atoms with van der Waals surface area (Å²) < 4.78 is 40.4. The maximum atomic E-state index is 12.6. The van der Waals surface area contributed by atoms with Crippen LogP contribution in [0.4, 0.5) is 0 Å². The molecule has 8 heteroatoms. The number of alkyl halides is 1. The highest BCUT2D eigenvalue weighted by molar-refractivity contribution is 9.09. The van der Waals surface area contributed by atoms with Crippen molar-refractivity contribution in [1.29, 1.82) is 0 Å². The summed E-state index contributed by atoms with van der Waals surface area (Å²) in [5.41, 5.74) is 1.07. The molecule has 0 N–H and O–H groups in total. The summed E-state index contributed by atoms with van der Waals surface area (Å²) in [5, 5.41) is 0.512. The lowest BCUT2D eigenvalue weighted by Crippen LogP contribution is -2.28. The van der Waals surface area contributed by atoms with E-state index >= 15 is 0 Å². The molecule has 0 amide bonds. The molecule has 0 heterocycles. The zero-order chi connectivity index (χ0) is 20.0. The van der Waals surface area contributed by atoms with Crippen molar-refractivity contribution in [2.75, 3.05) is 31.8 Å². The second kappa shape index (κ2) is 14.5. The average Bonchev–Trinajstić information content (AvgIpc) is 2.66. The molecule has 0 aliphatic rings. The van der Waals surface area contributed by atoms with Gasteiger partial charge in [-0.25, -0.2) is 0 Å². The Labute approximate surface area is 170 Å². The molecule has 1 rings (SSSR count). The number of hydrogen-bond acceptors (Lipinski definition) is 6. The van der Waals surface area contributed by atoms with Crippen molar-refractivity contribution in [2.24, 2.45) is 0 Å². The van der Waals surface area contributed by atoms with Gasteiger partial charge in [0.05, 0.1) is 31.8 Å². The van der Waals surface area contributed by atoms with E-state index in [1.165, 1.54) is 5.82 Å². The molecular weight excluding hydrogens is 435 g/mol. The Morgan fingerprint density at radius 2 is 1.74 bits per heavy atom. The summed E-state index contributed by atoms with van der Waals surface area (Å²) >= 11 is 3.37. The third-order valence-corrected chi connectivity index (χ3v) is 5.60. The van der Waals surface area contributed by atoms with Gasteiger partial charge in [0.25, 0.3) is 0 Å². The van der Waals surface area contributed by atoms with Crippen molar-refractivity contribution in [3.63, 3.8) is 0 Å². The van der Waals surface area contributed by atoms with Crippen LogP contribution in [0.1, 0.15) is 26.3 Å². The Kier molecular flexibility index (Phi) is 13.1. The summed E-state index contributed by atoms with van der Waals surface area (Å²) in [5.74, 6) is 1.44. The quantitative estimate of drug-likeness (QED) is 0.204. The normalized spacial score (nSPS) is 14.5. The van der Waals surface area contributed by atoms with E-state index < -0.39 is 20.0 Å². The SMILES string of the molecule is CCOC(CBr)O[C@@H](/C=C/P(=O)(OCC)OCC)COCc1ccccc1. The summed E-state index contributed by atoms with van der Waals surface area (Å²) in [4.78, 5) is 0. The van der Waals surface area contributed by atoms with Crippen LogP contribution < -0.4 is 0 Å². The summed E-state index contributed by atoms with van der Waals surface area (Å²) in [6.45, 7) is 7.28. The minimum Gasteiger partial charge on any atom is -0.374 e. The average molecular weight is 465 g/mol. The Balaban J connectivity index is 2.75. The molecular formula is C19H30BrO6P. The maximum absolute atomic E-state index is 12.6. The molecule has 1 aromatic rings. The lowest BCUT2D eigenvalue weighted by Gasteiger charge is -2.22. The lowest BCUT2D eigenvalue weighted by atomic mass is 10.2. The van der Waals surface area contributed by atoms with Gasteiger partial charge in [0, 0.05) is 12.4 Å². The third kappa shape index (κ3) is 10.5. The van der Waals surface area contributed by atoms with E-state index in [-0.39, 0.29) is 6.61 Å². The first kappa shape index (κ1) is 24.5. The van der Waals surface area contributed by atoms with Gasteiger partial charge in [0.15, 0.2) is 6.29 Å². The van der Waals surface area contributed by atoms with Crippen LogP contribution in [0.2, 0.25) is 0 Å².